The highest BCUT2D eigenvalue weighted by molar-refractivity contribution is 7.16. The van der Waals surface area contributed by atoms with Gasteiger partial charge in [-0.05, 0) is 45.0 Å². The maximum Gasteiger partial charge on any atom is 0.106 e. The van der Waals surface area contributed by atoms with Crippen LogP contribution in [0.3, 0.4) is 0 Å². The van der Waals surface area contributed by atoms with Gasteiger partial charge in [0.2, 0.25) is 0 Å². The normalized spacial score (nSPS) is 17.9. The van der Waals surface area contributed by atoms with Crippen LogP contribution in [0, 0.1) is 0 Å². The molecule has 3 N–H and O–H groups in total. The van der Waals surface area contributed by atoms with E-state index in [2.05, 4.69) is 34.3 Å². The zero-order valence-corrected chi connectivity index (χ0v) is 12.0. The molecule has 102 valence electrons. The number of benzene rings is 1. The molecular formula is C14H20N4S. The van der Waals surface area contributed by atoms with Gasteiger partial charge in [0.1, 0.15) is 5.52 Å². The van der Waals surface area contributed by atoms with E-state index in [0.29, 0.717) is 6.04 Å². The second-order valence-corrected chi connectivity index (χ2v) is 6.17. The van der Waals surface area contributed by atoms with E-state index in [1.54, 1.807) is 11.3 Å². The van der Waals surface area contributed by atoms with Crippen LogP contribution in [0.2, 0.25) is 0 Å². The van der Waals surface area contributed by atoms with Crippen LogP contribution in [-0.4, -0.2) is 35.6 Å². The molecule has 1 saturated heterocycles. The van der Waals surface area contributed by atoms with Crippen molar-refractivity contribution in [1.29, 1.82) is 0 Å². The number of anilines is 2. The molecule has 1 aromatic heterocycles. The molecular weight excluding hydrogens is 256 g/mol. The molecule has 1 aliphatic heterocycles. The Bertz CT molecular complexity index is 560. The first-order chi connectivity index (χ1) is 9.24. The van der Waals surface area contributed by atoms with Gasteiger partial charge in [0.05, 0.1) is 21.6 Å². The molecule has 2 heterocycles. The number of aromatic nitrogens is 1. The summed E-state index contributed by atoms with van der Waals surface area (Å²) in [5, 5.41) is 3.52. The molecule has 0 radical (unpaired) electrons. The predicted molar refractivity (Wildman–Crippen MR) is 82.8 cm³/mol. The van der Waals surface area contributed by atoms with Gasteiger partial charge in [0.25, 0.3) is 0 Å². The number of nitrogens with two attached hydrogens (primary N) is 1. The molecule has 0 spiro atoms. The van der Waals surface area contributed by atoms with E-state index in [1.165, 1.54) is 25.9 Å². The summed E-state index contributed by atoms with van der Waals surface area (Å²) in [6.45, 7) is 5.75. The van der Waals surface area contributed by atoms with Gasteiger partial charge in [-0.1, -0.05) is 0 Å². The number of nitrogens with zero attached hydrogens (tertiary/aromatic N) is 2. The first-order valence-electron chi connectivity index (χ1n) is 6.84. The van der Waals surface area contributed by atoms with Gasteiger partial charge in [-0.15, -0.1) is 11.3 Å². The molecule has 1 aliphatic rings. The Labute approximate surface area is 117 Å². The van der Waals surface area contributed by atoms with Crippen LogP contribution in [0.25, 0.3) is 10.2 Å². The van der Waals surface area contributed by atoms with Crippen LogP contribution < -0.4 is 11.1 Å². The third kappa shape index (κ3) is 2.67. The molecule has 4 nitrogen and oxygen atoms in total. The first kappa shape index (κ1) is 12.7. The molecule has 1 atom stereocenters. The quantitative estimate of drug-likeness (QED) is 0.843. The smallest absolute Gasteiger partial charge is 0.106 e. The van der Waals surface area contributed by atoms with E-state index < -0.39 is 0 Å². The van der Waals surface area contributed by atoms with Crippen LogP contribution in [0.4, 0.5) is 11.4 Å². The van der Waals surface area contributed by atoms with Crippen molar-refractivity contribution in [2.24, 2.45) is 0 Å². The number of fused-ring (bicyclic) bond motifs is 1. The Kier molecular flexibility index (Phi) is 3.57. The Hall–Kier alpha value is -1.33. The van der Waals surface area contributed by atoms with E-state index in [9.17, 15) is 0 Å². The third-order valence-electron chi connectivity index (χ3n) is 3.67. The SMILES string of the molecule is CC(CN1CCCC1)Nc1ccc2scnc2c1N. The fourth-order valence-electron chi connectivity index (χ4n) is 2.74. The summed E-state index contributed by atoms with van der Waals surface area (Å²) in [5.74, 6) is 0. The highest BCUT2D eigenvalue weighted by Crippen LogP contribution is 2.30. The maximum absolute atomic E-state index is 6.19. The van der Waals surface area contributed by atoms with E-state index in [1.807, 2.05) is 5.51 Å². The molecule has 1 fully saturated rings. The van der Waals surface area contributed by atoms with Crippen LogP contribution in [0.1, 0.15) is 19.8 Å². The summed E-state index contributed by atoms with van der Waals surface area (Å²) in [5.41, 5.74) is 10.7. The number of nitrogens with one attached hydrogen (secondary N) is 1. The lowest BCUT2D eigenvalue weighted by molar-refractivity contribution is 0.328. The summed E-state index contributed by atoms with van der Waals surface area (Å²) >= 11 is 1.63. The minimum absolute atomic E-state index is 0.400. The number of hydrogen-bond donors (Lipinski definition) is 2. The Balaban J connectivity index is 1.71. The number of rotatable bonds is 4. The van der Waals surface area contributed by atoms with E-state index in [4.69, 9.17) is 5.73 Å². The third-order valence-corrected chi connectivity index (χ3v) is 4.47. The minimum atomic E-state index is 0.400. The van der Waals surface area contributed by atoms with Crippen LogP contribution in [0.5, 0.6) is 0 Å². The van der Waals surface area contributed by atoms with E-state index >= 15 is 0 Å². The highest BCUT2D eigenvalue weighted by atomic mass is 32.1. The zero-order chi connectivity index (χ0) is 13.2. The van der Waals surface area contributed by atoms with Crippen molar-refractivity contribution in [3.05, 3.63) is 17.6 Å². The van der Waals surface area contributed by atoms with Gasteiger partial charge in [-0.3, -0.25) is 0 Å². The van der Waals surface area contributed by atoms with Crippen molar-refractivity contribution in [2.75, 3.05) is 30.7 Å². The van der Waals surface area contributed by atoms with Gasteiger partial charge in [0, 0.05) is 12.6 Å². The van der Waals surface area contributed by atoms with Crippen molar-refractivity contribution >= 4 is 32.9 Å². The second kappa shape index (κ2) is 5.35. The Morgan fingerprint density at radius 2 is 2.21 bits per heavy atom. The summed E-state index contributed by atoms with van der Waals surface area (Å²) in [7, 11) is 0. The summed E-state index contributed by atoms with van der Waals surface area (Å²) in [4.78, 5) is 6.84. The lowest BCUT2D eigenvalue weighted by Gasteiger charge is -2.22. The molecule has 19 heavy (non-hydrogen) atoms. The lowest BCUT2D eigenvalue weighted by Crippen LogP contribution is -2.33. The molecule has 0 amide bonds. The fraction of sp³-hybridized carbons (Fsp3) is 0.500. The molecule has 1 unspecified atom stereocenters. The number of nitrogen functional groups attached to an aromatic ring is 1. The first-order valence-corrected chi connectivity index (χ1v) is 7.72. The second-order valence-electron chi connectivity index (χ2n) is 5.28. The maximum atomic E-state index is 6.19. The van der Waals surface area contributed by atoms with Crippen molar-refractivity contribution in [1.82, 2.24) is 9.88 Å². The molecule has 0 aliphatic carbocycles. The topological polar surface area (TPSA) is 54.2 Å². The summed E-state index contributed by atoms with van der Waals surface area (Å²) in [6, 6.07) is 4.56. The van der Waals surface area contributed by atoms with Crippen molar-refractivity contribution in [3.63, 3.8) is 0 Å². The molecule has 1 aromatic carbocycles. The number of likely N-dealkylation sites (tertiary alicyclic amines) is 1. The molecule has 0 saturated carbocycles. The van der Waals surface area contributed by atoms with Crippen LogP contribution >= 0.6 is 11.3 Å². The highest BCUT2D eigenvalue weighted by Gasteiger charge is 2.15. The van der Waals surface area contributed by atoms with Gasteiger partial charge in [0.15, 0.2) is 0 Å². The largest absolute Gasteiger partial charge is 0.395 e. The summed E-state index contributed by atoms with van der Waals surface area (Å²) < 4.78 is 1.15. The van der Waals surface area contributed by atoms with Crippen molar-refractivity contribution < 1.29 is 0 Å². The van der Waals surface area contributed by atoms with Gasteiger partial charge >= 0.3 is 0 Å². The van der Waals surface area contributed by atoms with Gasteiger partial charge < -0.3 is 16.0 Å². The Morgan fingerprint density at radius 3 is 3.00 bits per heavy atom. The van der Waals surface area contributed by atoms with Crippen LogP contribution in [0.15, 0.2) is 17.6 Å². The van der Waals surface area contributed by atoms with E-state index in [-0.39, 0.29) is 0 Å². The molecule has 3 rings (SSSR count). The minimum Gasteiger partial charge on any atom is -0.395 e. The number of thiazole rings is 1. The van der Waals surface area contributed by atoms with Gasteiger partial charge in [-0.25, -0.2) is 4.98 Å². The van der Waals surface area contributed by atoms with Crippen LogP contribution in [-0.2, 0) is 0 Å². The molecule has 2 aromatic rings. The van der Waals surface area contributed by atoms with Crippen molar-refractivity contribution in [3.8, 4) is 0 Å². The van der Waals surface area contributed by atoms with Gasteiger partial charge in [-0.2, -0.15) is 0 Å². The monoisotopic (exact) mass is 276 g/mol. The molecule has 0 bridgehead atoms. The number of hydrogen-bond acceptors (Lipinski definition) is 5. The average Bonchev–Trinajstić information content (AvgIpc) is 3.03. The van der Waals surface area contributed by atoms with E-state index in [0.717, 1.165) is 28.1 Å². The summed E-state index contributed by atoms with van der Waals surface area (Å²) in [6.07, 6.45) is 2.67. The Morgan fingerprint density at radius 1 is 1.42 bits per heavy atom. The zero-order valence-electron chi connectivity index (χ0n) is 11.2. The predicted octanol–water partition coefficient (Wildman–Crippen LogP) is 2.77. The standard InChI is InChI=1S/C14H20N4S/c1-10(8-18-6-2-3-7-18)17-11-4-5-12-14(13(11)15)16-9-19-12/h4-5,9-10,17H,2-3,6-8,15H2,1H3. The van der Waals surface area contributed by atoms with Crippen molar-refractivity contribution in [2.45, 2.75) is 25.8 Å². The lowest BCUT2D eigenvalue weighted by atomic mass is 10.2. The average molecular weight is 276 g/mol. The fourth-order valence-corrected chi connectivity index (χ4v) is 3.43. The molecule has 5 heteroatoms.